The molecule has 2 atom stereocenters. The number of hydrogen-bond acceptors (Lipinski definition) is 6. The standard InChI is InChI=1S/C24H33ClN2O6/c1-16(2)12-13-20(26-17(3)28)22(30)32-15-33-23(31)27(4)24(14-8-7-11-21(24)29)18-9-5-6-10-19(18)25/h5-6,9-10,16,20H,7-8,11-15H2,1-4H3,(H,26,28)/t20-,24+/m0/s1. The van der Waals surface area contributed by atoms with Gasteiger partial charge in [0, 0.05) is 31.0 Å². The van der Waals surface area contributed by atoms with Gasteiger partial charge in [0.05, 0.1) is 0 Å². The van der Waals surface area contributed by atoms with E-state index in [-0.39, 0.29) is 11.7 Å². The molecule has 1 aliphatic rings. The van der Waals surface area contributed by atoms with Crippen molar-refractivity contribution in [3.8, 4) is 0 Å². The summed E-state index contributed by atoms with van der Waals surface area (Å²) >= 11 is 6.40. The van der Waals surface area contributed by atoms with Crippen molar-refractivity contribution >= 4 is 35.4 Å². The van der Waals surface area contributed by atoms with Crippen molar-refractivity contribution in [3.63, 3.8) is 0 Å². The fraction of sp³-hybridized carbons (Fsp3) is 0.583. The Balaban J connectivity index is 2.08. The first-order valence-electron chi connectivity index (χ1n) is 11.2. The van der Waals surface area contributed by atoms with Gasteiger partial charge in [-0.3, -0.25) is 14.5 Å². The van der Waals surface area contributed by atoms with E-state index in [1.165, 1.54) is 18.9 Å². The second-order valence-electron chi connectivity index (χ2n) is 8.75. The number of nitrogens with one attached hydrogen (secondary N) is 1. The summed E-state index contributed by atoms with van der Waals surface area (Å²) in [6.45, 7) is 4.71. The van der Waals surface area contributed by atoms with Crippen LogP contribution < -0.4 is 5.32 Å². The minimum Gasteiger partial charge on any atom is -0.426 e. The normalized spacial score (nSPS) is 19.0. The summed E-state index contributed by atoms with van der Waals surface area (Å²) < 4.78 is 10.3. The number of Topliss-reactive ketones (excluding diaryl/α,β-unsaturated/α-hetero) is 1. The Bertz CT molecular complexity index is 874. The number of rotatable bonds is 9. The molecule has 0 radical (unpaired) electrons. The minimum absolute atomic E-state index is 0.113. The molecule has 182 valence electrons. The first kappa shape index (κ1) is 26.6. The Morgan fingerprint density at radius 1 is 1.15 bits per heavy atom. The van der Waals surface area contributed by atoms with Crippen LogP contribution in [0, 0.1) is 5.92 Å². The maximum Gasteiger partial charge on any atom is 0.413 e. The quantitative estimate of drug-likeness (QED) is 0.420. The van der Waals surface area contributed by atoms with Crippen molar-refractivity contribution in [2.24, 2.45) is 5.92 Å². The van der Waals surface area contributed by atoms with E-state index in [2.05, 4.69) is 5.32 Å². The van der Waals surface area contributed by atoms with Crippen LogP contribution in [0.1, 0.15) is 64.9 Å². The van der Waals surface area contributed by atoms with Gasteiger partial charge in [-0.2, -0.15) is 0 Å². The van der Waals surface area contributed by atoms with Gasteiger partial charge in [-0.05, 0) is 44.1 Å². The molecule has 1 saturated carbocycles. The fourth-order valence-electron chi connectivity index (χ4n) is 4.12. The molecule has 1 aromatic rings. The molecule has 0 spiro atoms. The summed E-state index contributed by atoms with van der Waals surface area (Å²) in [5.41, 5.74) is -0.694. The Morgan fingerprint density at radius 2 is 1.85 bits per heavy atom. The number of hydrogen-bond donors (Lipinski definition) is 1. The number of ether oxygens (including phenoxy) is 2. The molecule has 0 unspecified atom stereocenters. The van der Waals surface area contributed by atoms with Gasteiger partial charge in [-0.1, -0.05) is 43.6 Å². The molecule has 8 nitrogen and oxygen atoms in total. The SMILES string of the molecule is CC(=O)N[C@@H](CCC(C)C)C(=O)OCOC(=O)N(C)[C@@]1(c2ccccc2Cl)CCCCC1=O. The Labute approximate surface area is 199 Å². The number of likely N-dealkylation sites (N-methyl/N-ethyl adjacent to an activating group) is 1. The van der Waals surface area contributed by atoms with Crippen LogP contribution in [-0.2, 0) is 29.4 Å². The van der Waals surface area contributed by atoms with Crippen LogP contribution in [0.2, 0.25) is 5.02 Å². The molecule has 1 fully saturated rings. The summed E-state index contributed by atoms with van der Waals surface area (Å²) in [4.78, 5) is 51.0. The van der Waals surface area contributed by atoms with Crippen LogP contribution in [0.4, 0.5) is 4.79 Å². The van der Waals surface area contributed by atoms with Crippen LogP contribution in [0.5, 0.6) is 0 Å². The largest absolute Gasteiger partial charge is 0.426 e. The number of ketones is 1. The highest BCUT2D eigenvalue weighted by molar-refractivity contribution is 6.31. The number of halogens is 1. The molecule has 2 rings (SSSR count). The van der Waals surface area contributed by atoms with Crippen LogP contribution in [0.3, 0.4) is 0 Å². The third kappa shape index (κ3) is 6.69. The highest BCUT2D eigenvalue weighted by Gasteiger charge is 2.48. The monoisotopic (exact) mass is 480 g/mol. The molecular weight excluding hydrogens is 448 g/mol. The number of nitrogens with zero attached hydrogens (tertiary/aromatic N) is 1. The van der Waals surface area contributed by atoms with E-state index < -0.39 is 30.4 Å². The molecule has 0 saturated heterocycles. The Hall–Kier alpha value is -2.61. The molecule has 1 aliphatic carbocycles. The highest BCUT2D eigenvalue weighted by Crippen LogP contribution is 2.42. The summed E-state index contributed by atoms with van der Waals surface area (Å²) in [7, 11) is 1.49. The molecule has 1 aromatic carbocycles. The van der Waals surface area contributed by atoms with Crippen LogP contribution in [0.15, 0.2) is 24.3 Å². The number of carbonyl (C=O) groups is 4. The topological polar surface area (TPSA) is 102 Å². The van der Waals surface area contributed by atoms with E-state index in [4.69, 9.17) is 21.1 Å². The van der Waals surface area contributed by atoms with Gasteiger partial charge in [0.15, 0.2) is 5.78 Å². The van der Waals surface area contributed by atoms with Gasteiger partial charge in [-0.25, -0.2) is 9.59 Å². The average Bonchev–Trinajstić information content (AvgIpc) is 2.76. The lowest BCUT2D eigenvalue weighted by Crippen LogP contribution is -2.54. The molecule has 0 aromatic heterocycles. The zero-order valence-corrected chi connectivity index (χ0v) is 20.4. The lowest BCUT2D eigenvalue weighted by Gasteiger charge is -2.43. The Morgan fingerprint density at radius 3 is 2.45 bits per heavy atom. The van der Waals surface area contributed by atoms with E-state index in [9.17, 15) is 19.2 Å². The second kappa shape index (κ2) is 12.0. The van der Waals surface area contributed by atoms with Crippen LogP contribution in [0.25, 0.3) is 0 Å². The molecular formula is C24H33ClN2O6. The average molecular weight is 481 g/mol. The smallest absolute Gasteiger partial charge is 0.413 e. The second-order valence-corrected chi connectivity index (χ2v) is 9.15. The van der Waals surface area contributed by atoms with E-state index in [0.717, 1.165) is 12.8 Å². The first-order chi connectivity index (χ1) is 15.6. The number of benzene rings is 1. The number of amides is 2. The van der Waals surface area contributed by atoms with Gasteiger partial charge in [0.2, 0.25) is 12.7 Å². The molecule has 1 N–H and O–H groups in total. The summed E-state index contributed by atoms with van der Waals surface area (Å²) in [6, 6.07) is 6.12. The van der Waals surface area contributed by atoms with E-state index in [1.54, 1.807) is 24.3 Å². The fourth-order valence-corrected chi connectivity index (χ4v) is 4.41. The van der Waals surface area contributed by atoms with Gasteiger partial charge >= 0.3 is 12.1 Å². The van der Waals surface area contributed by atoms with Crippen molar-refractivity contribution in [1.82, 2.24) is 10.2 Å². The zero-order chi connectivity index (χ0) is 24.6. The van der Waals surface area contributed by atoms with E-state index in [1.807, 2.05) is 13.8 Å². The minimum atomic E-state index is -1.24. The lowest BCUT2D eigenvalue weighted by atomic mass is 9.74. The summed E-state index contributed by atoms with van der Waals surface area (Å²) in [5.74, 6) is -0.807. The Kier molecular flexibility index (Phi) is 9.70. The summed E-state index contributed by atoms with van der Waals surface area (Å²) in [6.07, 6.45) is 2.55. The van der Waals surface area contributed by atoms with E-state index in [0.29, 0.717) is 42.2 Å². The zero-order valence-electron chi connectivity index (χ0n) is 19.7. The van der Waals surface area contributed by atoms with Gasteiger partial charge in [0.25, 0.3) is 0 Å². The lowest BCUT2D eigenvalue weighted by molar-refractivity contribution is -0.157. The van der Waals surface area contributed by atoms with Crippen molar-refractivity contribution in [2.75, 3.05) is 13.8 Å². The number of esters is 1. The van der Waals surface area contributed by atoms with E-state index >= 15 is 0 Å². The van der Waals surface area contributed by atoms with Crippen LogP contribution >= 0.6 is 11.6 Å². The maximum atomic E-state index is 13.1. The predicted octanol–water partition coefficient (Wildman–Crippen LogP) is 4.19. The summed E-state index contributed by atoms with van der Waals surface area (Å²) in [5, 5.41) is 2.95. The molecule has 0 bridgehead atoms. The van der Waals surface area contributed by atoms with Gasteiger partial charge in [-0.15, -0.1) is 0 Å². The first-order valence-corrected chi connectivity index (χ1v) is 11.6. The van der Waals surface area contributed by atoms with Crippen LogP contribution in [-0.4, -0.2) is 48.5 Å². The third-order valence-electron chi connectivity index (χ3n) is 5.90. The van der Waals surface area contributed by atoms with Crippen molar-refractivity contribution in [1.29, 1.82) is 0 Å². The van der Waals surface area contributed by atoms with Crippen molar-refractivity contribution in [2.45, 2.75) is 70.9 Å². The molecule has 0 aliphatic heterocycles. The number of carbonyl (C=O) groups excluding carboxylic acids is 4. The third-order valence-corrected chi connectivity index (χ3v) is 6.23. The highest BCUT2D eigenvalue weighted by atomic mass is 35.5. The van der Waals surface area contributed by atoms with Gasteiger partial charge < -0.3 is 14.8 Å². The molecule has 33 heavy (non-hydrogen) atoms. The predicted molar refractivity (Wildman–Crippen MR) is 123 cm³/mol. The molecule has 2 amide bonds. The maximum absolute atomic E-state index is 13.1. The van der Waals surface area contributed by atoms with Gasteiger partial charge in [0.1, 0.15) is 11.6 Å². The molecule has 0 heterocycles. The van der Waals surface area contributed by atoms with Crippen molar-refractivity contribution < 1.29 is 28.7 Å². The molecule has 9 heteroatoms. The van der Waals surface area contributed by atoms with Crippen molar-refractivity contribution in [3.05, 3.63) is 34.9 Å².